The molecule has 2 amide bonds. The van der Waals surface area contributed by atoms with Crippen molar-refractivity contribution in [2.24, 2.45) is 4.99 Å². The van der Waals surface area contributed by atoms with Crippen LogP contribution in [0.3, 0.4) is 0 Å². The number of guanidine groups is 1. The van der Waals surface area contributed by atoms with Crippen molar-refractivity contribution in [2.75, 3.05) is 16.8 Å². The van der Waals surface area contributed by atoms with Crippen LogP contribution >= 0.6 is 11.3 Å². The van der Waals surface area contributed by atoms with Gasteiger partial charge in [0.25, 0.3) is 5.91 Å². The molecule has 144 valence electrons. The summed E-state index contributed by atoms with van der Waals surface area (Å²) in [4.78, 5) is 34.5. The molecule has 2 N–H and O–H groups in total. The van der Waals surface area contributed by atoms with E-state index in [9.17, 15) is 9.59 Å². The van der Waals surface area contributed by atoms with Gasteiger partial charge in [0.2, 0.25) is 11.9 Å². The molecule has 2 aromatic carbocycles. The van der Waals surface area contributed by atoms with Crippen molar-refractivity contribution in [2.45, 2.75) is 13.3 Å². The van der Waals surface area contributed by atoms with Crippen LogP contribution in [0.15, 0.2) is 52.6 Å². The molecule has 0 spiro atoms. The minimum Gasteiger partial charge on any atom is -0.326 e. The van der Waals surface area contributed by atoms with Gasteiger partial charge in [-0.2, -0.15) is 0 Å². The Labute approximate surface area is 170 Å². The summed E-state index contributed by atoms with van der Waals surface area (Å²) in [5.74, 6) is 0.131. The molecular weight excluding hydrogens is 386 g/mol. The number of hydrogen-bond donors (Lipinski definition) is 2. The van der Waals surface area contributed by atoms with E-state index in [4.69, 9.17) is 0 Å². The number of benzene rings is 2. The van der Waals surface area contributed by atoms with E-state index in [1.165, 1.54) is 0 Å². The second kappa shape index (κ2) is 6.82. The van der Waals surface area contributed by atoms with E-state index in [2.05, 4.69) is 20.6 Å². The smallest absolute Gasteiger partial charge is 0.276 e. The van der Waals surface area contributed by atoms with Gasteiger partial charge in [0.15, 0.2) is 0 Å². The Balaban J connectivity index is 1.39. The van der Waals surface area contributed by atoms with Crippen molar-refractivity contribution in [3.05, 3.63) is 58.7 Å². The molecule has 3 heterocycles. The number of fused-ring (bicyclic) bond motifs is 2. The number of carbonyl (C=O) groups excluding carboxylic acids is 2. The highest BCUT2D eigenvalue weighted by Gasteiger charge is 2.24. The van der Waals surface area contributed by atoms with Crippen molar-refractivity contribution >= 4 is 56.8 Å². The van der Waals surface area contributed by atoms with E-state index in [0.29, 0.717) is 18.2 Å². The van der Waals surface area contributed by atoms with Crippen LogP contribution < -0.4 is 15.5 Å². The summed E-state index contributed by atoms with van der Waals surface area (Å²) in [5.41, 5.74) is 6.78. The number of nitrogens with one attached hydrogen (secondary N) is 2. The van der Waals surface area contributed by atoms with Gasteiger partial charge in [-0.15, -0.1) is 11.3 Å². The number of anilines is 2. The van der Waals surface area contributed by atoms with Crippen molar-refractivity contribution in [1.29, 1.82) is 0 Å². The molecule has 0 bridgehead atoms. The lowest BCUT2D eigenvalue weighted by Crippen LogP contribution is -2.30. The number of carbonyl (C=O) groups is 2. The standard InChI is InChI=1S/C21H17N5O2S/c1-12(27)26-7-6-14-3-4-15(10-18(14)26)23-21-24-17(20(28)25-21)8-13-2-5-16-19(9-13)29-11-22-16/h2-5,8-11H,6-7H2,1H3,(H2,23,24,25,28)/b17-8-. The Hall–Kier alpha value is -3.52. The van der Waals surface area contributed by atoms with Crippen molar-refractivity contribution in [3.8, 4) is 0 Å². The quantitative estimate of drug-likeness (QED) is 0.644. The zero-order valence-electron chi connectivity index (χ0n) is 15.6. The highest BCUT2D eigenvalue weighted by atomic mass is 32.1. The molecule has 0 fully saturated rings. The van der Waals surface area contributed by atoms with E-state index < -0.39 is 0 Å². The van der Waals surface area contributed by atoms with Gasteiger partial charge in [0.1, 0.15) is 5.70 Å². The summed E-state index contributed by atoms with van der Waals surface area (Å²) < 4.78 is 1.06. The average molecular weight is 403 g/mol. The molecule has 0 unspecified atom stereocenters. The molecule has 2 aliphatic rings. The summed E-state index contributed by atoms with van der Waals surface area (Å²) in [5, 5.41) is 5.88. The fourth-order valence-corrected chi connectivity index (χ4v) is 4.29. The Morgan fingerprint density at radius 2 is 2.17 bits per heavy atom. The molecule has 8 heteroatoms. The number of aliphatic imine (C=N–C) groups is 1. The van der Waals surface area contributed by atoms with E-state index >= 15 is 0 Å². The number of amides is 2. The molecule has 5 rings (SSSR count). The molecule has 0 radical (unpaired) electrons. The zero-order valence-corrected chi connectivity index (χ0v) is 16.4. The van der Waals surface area contributed by atoms with Crippen LogP contribution in [-0.4, -0.2) is 29.3 Å². The zero-order chi connectivity index (χ0) is 20.0. The van der Waals surface area contributed by atoms with Crippen molar-refractivity contribution in [3.63, 3.8) is 0 Å². The first-order valence-electron chi connectivity index (χ1n) is 9.20. The third kappa shape index (κ3) is 3.27. The van der Waals surface area contributed by atoms with Crippen LogP contribution in [0.5, 0.6) is 0 Å². The first-order chi connectivity index (χ1) is 14.1. The van der Waals surface area contributed by atoms with Gasteiger partial charge < -0.3 is 10.2 Å². The highest BCUT2D eigenvalue weighted by molar-refractivity contribution is 7.16. The Morgan fingerprint density at radius 1 is 1.28 bits per heavy atom. The summed E-state index contributed by atoms with van der Waals surface area (Å²) in [7, 11) is 0. The summed E-state index contributed by atoms with van der Waals surface area (Å²) in [6.45, 7) is 2.26. The maximum atomic E-state index is 12.3. The molecule has 7 nitrogen and oxygen atoms in total. The maximum absolute atomic E-state index is 12.3. The molecule has 1 aromatic heterocycles. The lowest BCUT2D eigenvalue weighted by atomic mass is 10.1. The third-order valence-corrected chi connectivity index (χ3v) is 5.77. The van der Waals surface area contributed by atoms with E-state index in [1.54, 1.807) is 34.7 Å². The van der Waals surface area contributed by atoms with E-state index in [-0.39, 0.29) is 11.8 Å². The van der Waals surface area contributed by atoms with Crippen LogP contribution in [0.2, 0.25) is 0 Å². The molecular formula is C21H17N5O2S. The summed E-state index contributed by atoms with van der Waals surface area (Å²) in [6.07, 6.45) is 2.60. The fourth-order valence-electron chi connectivity index (χ4n) is 3.57. The van der Waals surface area contributed by atoms with Gasteiger partial charge in [-0.3, -0.25) is 14.9 Å². The Bertz CT molecular complexity index is 1230. The van der Waals surface area contributed by atoms with Crippen molar-refractivity contribution in [1.82, 2.24) is 10.3 Å². The van der Waals surface area contributed by atoms with Gasteiger partial charge in [0.05, 0.1) is 15.7 Å². The molecule has 0 aliphatic carbocycles. The molecule has 0 saturated carbocycles. The number of hydrogen-bond acceptors (Lipinski definition) is 6. The summed E-state index contributed by atoms with van der Waals surface area (Å²) in [6, 6.07) is 11.7. The van der Waals surface area contributed by atoms with Crippen molar-refractivity contribution < 1.29 is 9.59 Å². The predicted octanol–water partition coefficient (Wildman–Crippen LogP) is 3.14. The molecule has 29 heavy (non-hydrogen) atoms. The van der Waals surface area contributed by atoms with Crippen LogP contribution in [0, 0.1) is 0 Å². The third-order valence-electron chi connectivity index (χ3n) is 4.98. The topological polar surface area (TPSA) is 86.7 Å². The highest BCUT2D eigenvalue weighted by Crippen LogP contribution is 2.31. The van der Waals surface area contributed by atoms with Crippen LogP contribution in [-0.2, 0) is 16.0 Å². The minimum atomic E-state index is -0.261. The van der Waals surface area contributed by atoms with Gasteiger partial charge >= 0.3 is 0 Å². The number of aromatic nitrogens is 1. The number of rotatable bonds is 2. The lowest BCUT2D eigenvalue weighted by Gasteiger charge is -2.16. The van der Waals surface area contributed by atoms with Gasteiger partial charge in [-0.1, -0.05) is 12.1 Å². The molecule has 0 atom stereocenters. The van der Waals surface area contributed by atoms with E-state index in [1.807, 2.05) is 36.4 Å². The predicted molar refractivity (Wildman–Crippen MR) is 115 cm³/mol. The first kappa shape index (κ1) is 17.6. The molecule has 2 aliphatic heterocycles. The Kier molecular flexibility index (Phi) is 4.13. The van der Waals surface area contributed by atoms with Gasteiger partial charge in [0, 0.05) is 24.8 Å². The monoisotopic (exact) mass is 403 g/mol. The van der Waals surface area contributed by atoms with E-state index in [0.717, 1.165) is 39.1 Å². The molecule has 3 aromatic rings. The minimum absolute atomic E-state index is 0.0236. The van der Waals surface area contributed by atoms with Crippen LogP contribution in [0.25, 0.3) is 16.3 Å². The SMILES string of the molecule is CC(=O)N1CCc2ccc(NC3=N/C(=C\c4ccc5ncsc5c4)C(=O)N3)cc21. The Morgan fingerprint density at radius 3 is 3.03 bits per heavy atom. The fraction of sp³-hybridized carbons (Fsp3) is 0.143. The number of thiazole rings is 1. The summed E-state index contributed by atoms with van der Waals surface area (Å²) >= 11 is 1.56. The molecule has 0 saturated heterocycles. The van der Waals surface area contributed by atoms with Crippen LogP contribution in [0.4, 0.5) is 11.4 Å². The van der Waals surface area contributed by atoms with Gasteiger partial charge in [-0.25, -0.2) is 9.98 Å². The van der Waals surface area contributed by atoms with Gasteiger partial charge in [-0.05, 0) is 47.9 Å². The van der Waals surface area contributed by atoms with Crippen LogP contribution in [0.1, 0.15) is 18.1 Å². The largest absolute Gasteiger partial charge is 0.326 e. The maximum Gasteiger partial charge on any atom is 0.276 e. The normalized spacial score (nSPS) is 16.9. The first-order valence-corrected chi connectivity index (χ1v) is 10.1. The second-order valence-corrected chi connectivity index (χ2v) is 7.80. The lowest BCUT2D eigenvalue weighted by molar-refractivity contribution is -0.117. The number of nitrogens with zero attached hydrogens (tertiary/aromatic N) is 3. The average Bonchev–Trinajstić information content (AvgIpc) is 3.40. The second-order valence-electron chi connectivity index (χ2n) is 6.91.